The second-order valence-electron chi connectivity index (χ2n) is 3.98. The van der Waals surface area contributed by atoms with Crippen LogP contribution in [0.2, 0.25) is 0 Å². The molecule has 2 heteroatoms. The van der Waals surface area contributed by atoms with Gasteiger partial charge in [-0.05, 0) is 35.4 Å². The lowest BCUT2D eigenvalue weighted by Gasteiger charge is -2.00. The van der Waals surface area contributed by atoms with Crippen LogP contribution in [0.1, 0.15) is 11.1 Å². The average Bonchev–Trinajstić information content (AvgIpc) is 2.46. The van der Waals surface area contributed by atoms with Crippen molar-refractivity contribution in [1.29, 1.82) is 0 Å². The standard InChI is InChI=1S/C16H17NO/c1-17-15-9-5-13(6-10-15)3-4-14-7-11-16(18-2)12-8-14/h3-12,17H,1-2H3. The van der Waals surface area contributed by atoms with E-state index in [9.17, 15) is 0 Å². The topological polar surface area (TPSA) is 21.3 Å². The molecule has 0 unspecified atom stereocenters. The van der Waals surface area contributed by atoms with Crippen LogP contribution in [0.4, 0.5) is 5.69 Å². The monoisotopic (exact) mass is 239 g/mol. The largest absolute Gasteiger partial charge is 0.497 e. The van der Waals surface area contributed by atoms with Crippen molar-refractivity contribution in [3.05, 3.63) is 59.7 Å². The number of rotatable bonds is 4. The van der Waals surface area contributed by atoms with E-state index >= 15 is 0 Å². The number of methoxy groups -OCH3 is 1. The minimum atomic E-state index is 0.880. The Kier molecular flexibility index (Phi) is 4.02. The molecule has 92 valence electrons. The van der Waals surface area contributed by atoms with Crippen molar-refractivity contribution in [3.8, 4) is 5.75 Å². The summed E-state index contributed by atoms with van der Waals surface area (Å²) in [4.78, 5) is 0. The Morgan fingerprint density at radius 1 is 0.833 bits per heavy atom. The first kappa shape index (κ1) is 12.2. The predicted molar refractivity (Wildman–Crippen MR) is 77.9 cm³/mol. The number of hydrogen-bond donors (Lipinski definition) is 1. The summed E-state index contributed by atoms with van der Waals surface area (Å²) in [5.74, 6) is 0.880. The van der Waals surface area contributed by atoms with Crippen LogP contribution >= 0.6 is 0 Å². The van der Waals surface area contributed by atoms with E-state index in [1.165, 1.54) is 5.56 Å². The predicted octanol–water partition coefficient (Wildman–Crippen LogP) is 3.91. The third-order valence-corrected chi connectivity index (χ3v) is 2.78. The maximum absolute atomic E-state index is 5.13. The molecule has 18 heavy (non-hydrogen) atoms. The minimum absolute atomic E-state index is 0.880. The van der Waals surface area contributed by atoms with Gasteiger partial charge in [0.25, 0.3) is 0 Å². The van der Waals surface area contributed by atoms with Crippen molar-refractivity contribution < 1.29 is 4.74 Å². The van der Waals surface area contributed by atoms with Crippen molar-refractivity contribution in [2.45, 2.75) is 0 Å². The lowest BCUT2D eigenvalue weighted by Crippen LogP contribution is -1.86. The van der Waals surface area contributed by atoms with Crippen LogP contribution in [-0.2, 0) is 0 Å². The summed E-state index contributed by atoms with van der Waals surface area (Å²) in [5.41, 5.74) is 3.47. The van der Waals surface area contributed by atoms with Gasteiger partial charge in [-0.25, -0.2) is 0 Å². The van der Waals surface area contributed by atoms with Crippen LogP contribution in [0.5, 0.6) is 5.75 Å². The number of nitrogens with one attached hydrogen (secondary N) is 1. The van der Waals surface area contributed by atoms with Crippen LogP contribution < -0.4 is 10.1 Å². The fraction of sp³-hybridized carbons (Fsp3) is 0.125. The van der Waals surface area contributed by atoms with Crippen LogP contribution in [-0.4, -0.2) is 14.2 Å². The van der Waals surface area contributed by atoms with E-state index in [2.05, 4.69) is 41.7 Å². The van der Waals surface area contributed by atoms with Crippen molar-refractivity contribution in [3.63, 3.8) is 0 Å². The molecule has 1 N–H and O–H groups in total. The molecule has 0 radical (unpaired) electrons. The van der Waals surface area contributed by atoms with Crippen LogP contribution in [0.25, 0.3) is 12.2 Å². The van der Waals surface area contributed by atoms with E-state index < -0.39 is 0 Å². The van der Waals surface area contributed by atoms with E-state index in [4.69, 9.17) is 4.74 Å². The van der Waals surface area contributed by atoms with Gasteiger partial charge in [0.15, 0.2) is 0 Å². The van der Waals surface area contributed by atoms with Gasteiger partial charge in [-0.3, -0.25) is 0 Å². The molecule has 2 nitrogen and oxygen atoms in total. The van der Waals surface area contributed by atoms with Gasteiger partial charge in [0.05, 0.1) is 7.11 Å². The summed E-state index contributed by atoms with van der Waals surface area (Å²) >= 11 is 0. The molecule has 0 atom stereocenters. The molecule has 0 saturated carbocycles. The highest BCUT2D eigenvalue weighted by molar-refractivity contribution is 5.70. The molecule has 0 bridgehead atoms. The third kappa shape index (κ3) is 3.14. The molecule has 0 heterocycles. The molecule has 0 aliphatic carbocycles. The zero-order chi connectivity index (χ0) is 12.8. The fourth-order valence-corrected chi connectivity index (χ4v) is 1.67. The van der Waals surface area contributed by atoms with Crippen molar-refractivity contribution in [2.24, 2.45) is 0 Å². The fourth-order valence-electron chi connectivity index (χ4n) is 1.67. The van der Waals surface area contributed by atoms with Gasteiger partial charge in [0.2, 0.25) is 0 Å². The Hall–Kier alpha value is -2.22. The van der Waals surface area contributed by atoms with Gasteiger partial charge in [0.1, 0.15) is 5.75 Å². The first-order valence-corrected chi connectivity index (χ1v) is 5.92. The first-order chi connectivity index (χ1) is 8.81. The van der Waals surface area contributed by atoms with Gasteiger partial charge in [-0.1, -0.05) is 36.4 Å². The molecular formula is C16H17NO. The van der Waals surface area contributed by atoms with E-state index in [1.54, 1.807) is 7.11 Å². The summed E-state index contributed by atoms with van der Waals surface area (Å²) in [6.07, 6.45) is 4.19. The smallest absolute Gasteiger partial charge is 0.118 e. The van der Waals surface area contributed by atoms with Crippen molar-refractivity contribution in [1.82, 2.24) is 0 Å². The Balaban J connectivity index is 2.08. The molecule has 0 aliphatic heterocycles. The quantitative estimate of drug-likeness (QED) is 0.817. The van der Waals surface area contributed by atoms with Gasteiger partial charge in [0, 0.05) is 12.7 Å². The zero-order valence-electron chi connectivity index (χ0n) is 10.7. The summed E-state index contributed by atoms with van der Waals surface area (Å²) in [6.45, 7) is 0. The average molecular weight is 239 g/mol. The second kappa shape index (κ2) is 5.92. The molecular weight excluding hydrogens is 222 g/mol. The van der Waals surface area contributed by atoms with Gasteiger partial charge < -0.3 is 10.1 Å². The van der Waals surface area contributed by atoms with E-state index in [-0.39, 0.29) is 0 Å². The van der Waals surface area contributed by atoms with E-state index in [0.717, 1.165) is 17.0 Å². The van der Waals surface area contributed by atoms with Gasteiger partial charge in [-0.15, -0.1) is 0 Å². The normalized spacial score (nSPS) is 10.6. The van der Waals surface area contributed by atoms with Crippen LogP contribution in [0.3, 0.4) is 0 Å². The SMILES string of the molecule is CNc1ccc(C=Cc2ccc(OC)cc2)cc1. The molecule has 2 aromatic carbocycles. The highest BCUT2D eigenvalue weighted by Crippen LogP contribution is 2.15. The van der Waals surface area contributed by atoms with Crippen molar-refractivity contribution >= 4 is 17.8 Å². The molecule has 0 aromatic heterocycles. The molecule has 2 rings (SSSR count). The first-order valence-electron chi connectivity index (χ1n) is 5.92. The second-order valence-corrected chi connectivity index (χ2v) is 3.98. The number of ether oxygens (including phenoxy) is 1. The Bertz CT molecular complexity index is 462. The Morgan fingerprint density at radius 3 is 1.78 bits per heavy atom. The summed E-state index contributed by atoms with van der Waals surface area (Å²) in [5, 5.41) is 3.10. The maximum atomic E-state index is 5.13. The third-order valence-electron chi connectivity index (χ3n) is 2.78. The highest BCUT2D eigenvalue weighted by Gasteiger charge is 1.91. The molecule has 2 aromatic rings. The molecule has 0 fully saturated rings. The number of hydrogen-bond acceptors (Lipinski definition) is 2. The van der Waals surface area contributed by atoms with Crippen LogP contribution in [0.15, 0.2) is 48.5 Å². The molecule has 0 saturated heterocycles. The van der Waals surface area contributed by atoms with Crippen LogP contribution in [0, 0.1) is 0 Å². The lowest BCUT2D eigenvalue weighted by atomic mass is 10.1. The summed E-state index contributed by atoms with van der Waals surface area (Å²) in [7, 11) is 3.59. The Morgan fingerprint density at radius 2 is 1.33 bits per heavy atom. The maximum Gasteiger partial charge on any atom is 0.118 e. The minimum Gasteiger partial charge on any atom is -0.497 e. The molecule has 0 amide bonds. The van der Waals surface area contributed by atoms with E-state index in [1.807, 2.05) is 31.3 Å². The number of anilines is 1. The Labute approximate surface area is 108 Å². The number of benzene rings is 2. The summed E-state index contributed by atoms with van der Waals surface area (Å²) in [6, 6.07) is 16.3. The van der Waals surface area contributed by atoms with E-state index in [0.29, 0.717) is 0 Å². The molecule has 0 aliphatic rings. The zero-order valence-corrected chi connectivity index (χ0v) is 10.7. The summed E-state index contributed by atoms with van der Waals surface area (Å²) < 4.78 is 5.13. The highest BCUT2D eigenvalue weighted by atomic mass is 16.5. The van der Waals surface area contributed by atoms with Gasteiger partial charge in [-0.2, -0.15) is 0 Å². The van der Waals surface area contributed by atoms with Gasteiger partial charge >= 0.3 is 0 Å². The molecule has 0 spiro atoms. The lowest BCUT2D eigenvalue weighted by molar-refractivity contribution is 0.415. The van der Waals surface area contributed by atoms with Crippen molar-refractivity contribution in [2.75, 3.05) is 19.5 Å².